The molecule has 1 saturated carbocycles. The van der Waals surface area contributed by atoms with Crippen molar-refractivity contribution in [3.63, 3.8) is 0 Å². The smallest absolute Gasteiger partial charge is 0.237 e. The van der Waals surface area contributed by atoms with Crippen molar-refractivity contribution in [3.05, 3.63) is 47.5 Å². The fraction of sp³-hybridized carbons (Fsp3) is 0.515. The maximum Gasteiger partial charge on any atom is 0.237 e. The molecule has 1 aliphatic carbocycles. The maximum atomic E-state index is 13.8. The summed E-state index contributed by atoms with van der Waals surface area (Å²) in [5.74, 6) is -1.72. The second kappa shape index (κ2) is 11.1. The number of hydrogen-bond acceptors (Lipinski definition) is 6. The number of fused-ring (bicyclic) bond motifs is 4. The number of carbonyl (C=O) groups is 4. The van der Waals surface area contributed by atoms with Crippen LogP contribution in [-0.4, -0.2) is 50.1 Å². The minimum Gasteiger partial charge on any atom is -0.381 e. The lowest BCUT2D eigenvalue weighted by atomic mass is 9.75. The number of carbonyl (C=O) groups excluding carboxylic acids is 4. The zero-order chi connectivity index (χ0) is 29.6. The van der Waals surface area contributed by atoms with Gasteiger partial charge in [0.05, 0.1) is 10.8 Å². The summed E-state index contributed by atoms with van der Waals surface area (Å²) in [6.45, 7) is 2.15. The van der Waals surface area contributed by atoms with Gasteiger partial charge >= 0.3 is 0 Å². The second-order valence-corrected chi connectivity index (χ2v) is 12.7. The Morgan fingerprint density at radius 2 is 1.14 bits per heavy atom. The number of nitrogens with one attached hydrogen (secondary N) is 4. The third kappa shape index (κ3) is 4.80. The Hall–Kier alpha value is -3.76. The number of amides is 4. The molecule has 2 aromatic rings. The lowest BCUT2D eigenvalue weighted by Gasteiger charge is -2.31. The van der Waals surface area contributed by atoms with Gasteiger partial charge < -0.3 is 30.7 Å². The molecule has 2 aromatic carbocycles. The average molecular weight is 587 g/mol. The molecule has 4 aliphatic heterocycles. The Kier molecular flexibility index (Phi) is 7.21. The van der Waals surface area contributed by atoms with Crippen molar-refractivity contribution < 1.29 is 28.7 Å². The quantitative estimate of drug-likeness (QED) is 0.382. The third-order valence-electron chi connectivity index (χ3n) is 10.3. The van der Waals surface area contributed by atoms with Crippen LogP contribution < -0.4 is 21.3 Å². The lowest BCUT2D eigenvalue weighted by molar-refractivity contribution is -0.132. The number of anilines is 4. The number of ether oxygens (including phenoxy) is 2. The predicted molar refractivity (Wildman–Crippen MR) is 161 cm³/mol. The molecule has 7 rings (SSSR count). The zero-order valence-electron chi connectivity index (χ0n) is 24.3. The molecule has 10 heteroatoms. The van der Waals surface area contributed by atoms with E-state index in [1.54, 1.807) is 12.1 Å². The van der Waals surface area contributed by atoms with Gasteiger partial charge in [0.15, 0.2) is 0 Å². The highest BCUT2D eigenvalue weighted by Crippen LogP contribution is 2.47. The van der Waals surface area contributed by atoms with Gasteiger partial charge in [-0.3, -0.25) is 19.2 Å². The SMILES string of the molecule is O=C(Nc1ccc2c(c1)NC(=O)C21CCOCC1)C(C(=O)Nc1ccc2c(c1)NC(=O)C21CCOCC1)C1CCCCC1. The van der Waals surface area contributed by atoms with E-state index in [1.165, 1.54) is 0 Å². The first-order valence-electron chi connectivity index (χ1n) is 15.6. The summed E-state index contributed by atoms with van der Waals surface area (Å²) in [5.41, 5.74) is 3.20. The molecule has 4 amide bonds. The van der Waals surface area contributed by atoms with Crippen LogP contribution in [0.3, 0.4) is 0 Å². The highest BCUT2D eigenvalue weighted by Gasteiger charge is 2.49. The Morgan fingerprint density at radius 1 is 0.698 bits per heavy atom. The molecule has 4 heterocycles. The highest BCUT2D eigenvalue weighted by atomic mass is 16.5. The van der Waals surface area contributed by atoms with Gasteiger partial charge in [-0.2, -0.15) is 0 Å². The summed E-state index contributed by atoms with van der Waals surface area (Å²) >= 11 is 0. The third-order valence-corrected chi connectivity index (χ3v) is 10.3. The van der Waals surface area contributed by atoms with Crippen LogP contribution >= 0.6 is 0 Å². The first-order valence-corrected chi connectivity index (χ1v) is 15.6. The van der Waals surface area contributed by atoms with E-state index in [0.29, 0.717) is 74.9 Å². The van der Waals surface area contributed by atoms with Crippen molar-refractivity contribution in [2.75, 3.05) is 47.7 Å². The van der Waals surface area contributed by atoms with E-state index >= 15 is 0 Å². The first-order chi connectivity index (χ1) is 20.9. The molecule has 226 valence electrons. The molecule has 2 spiro atoms. The van der Waals surface area contributed by atoms with Crippen LogP contribution in [0.25, 0.3) is 0 Å². The summed E-state index contributed by atoms with van der Waals surface area (Å²) in [7, 11) is 0. The van der Waals surface area contributed by atoms with E-state index in [1.807, 2.05) is 24.3 Å². The van der Waals surface area contributed by atoms with Crippen LogP contribution in [0.1, 0.15) is 68.9 Å². The molecule has 0 unspecified atom stereocenters. The molecule has 2 saturated heterocycles. The summed E-state index contributed by atoms with van der Waals surface area (Å²) in [6, 6.07) is 11.0. The molecule has 0 aromatic heterocycles. The Labute approximate surface area is 250 Å². The Balaban J connectivity index is 1.10. The lowest BCUT2D eigenvalue weighted by Crippen LogP contribution is -2.40. The van der Waals surface area contributed by atoms with Crippen LogP contribution in [0.15, 0.2) is 36.4 Å². The summed E-state index contributed by atoms with van der Waals surface area (Å²) in [4.78, 5) is 53.5. The normalized spacial score (nSPS) is 22.2. The van der Waals surface area contributed by atoms with Crippen LogP contribution in [0.4, 0.5) is 22.7 Å². The standard InChI is InChI=1S/C33H38N4O6/c38-28(34-21-6-8-23-25(18-21)36-30(40)32(23)10-14-42-15-11-32)27(20-4-2-1-3-5-20)29(39)35-22-7-9-24-26(19-22)37-31(41)33(24)12-16-43-17-13-33/h6-9,18-20,27H,1-5,10-17H2,(H,34,38)(H,35,39)(H,36,40)(H,37,41). The monoisotopic (exact) mass is 586 g/mol. The van der Waals surface area contributed by atoms with E-state index in [4.69, 9.17) is 9.47 Å². The highest BCUT2D eigenvalue weighted by molar-refractivity contribution is 6.13. The predicted octanol–water partition coefficient (Wildman–Crippen LogP) is 4.46. The van der Waals surface area contributed by atoms with E-state index < -0.39 is 16.7 Å². The second-order valence-electron chi connectivity index (χ2n) is 12.7. The molecule has 3 fully saturated rings. The molecule has 43 heavy (non-hydrogen) atoms. The van der Waals surface area contributed by atoms with Gasteiger partial charge in [-0.25, -0.2) is 0 Å². The molecule has 0 atom stereocenters. The van der Waals surface area contributed by atoms with Crippen LogP contribution in [0.2, 0.25) is 0 Å². The Morgan fingerprint density at radius 3 is 1.58 bits per heavy atom. The van der Waals surface area contributed by atoms with Gasteiger partial charge in [0, 0.05) is 49.2 Å². The van der Waals surface area contributed by atoms with Crippen molar-refractivity contribution in [2.45, 2.75) is 68.6 Å². The fourth-order valence-corrected chi connectivity index (χ4v) is 7.90. The van der Waals surface area contributed by atoms with E-state index in [0.717, 1.165) is 43.2 Å². The molecule has 10 nitrogen and oxygen atoms in total. The summed E-state index contributed by atoms with van der Waals surface area (Å²) in [5, 5.41) is 12.0. The molecule has 0 radical (unpaired) electrons. The molecule has 4 N–H and O–H groups in total. The van der Waals surface area contributed by atoms with E-state index in [-0.39, 0.29) is 29.5 Å². The van der Waals surface area contributed by atoms with Crippen LogP contribution in [0.5, 0.6) is 0 Å². The maximum absolute atomic E-state index is 13.8. The van der Waals surface area contributed by atoms with Crippen molar-refractivity contribution in [1.29, 1.82) is 0 Å². The molecular weight excluding hydrogens is 548 g/mol. The van der Waals surface area contributed by atoms with Crippen LogP contribution in [-0.2, 0) is 39.5 Å². The number of rotatable bonds is 5. The zero-order valence-corrected chi connectivity index (χ0v) is 24.3. The first kappa shape index (κ1) is 28.0. The van der Waals surface area contributed by atoms with Gasteiger partial charge in [0.25, 0.3) is 0 Å². The van der Waals surface area contributed by atoms with E-state index in [9.17, 15) is 19.2 Å². The molecular formula is C33H38N4O6. The number of benzene rings is 2. The summed E-state index contributed by atoms with van der Waals surface area (Å²) in [6.07, 6.45) is 7.19. The van der Waals surface area contributed by atoms with Gasteiger partial charge in [-0.15, -0.1) is 0 Å². The van der Waals surface area contributed by atoms with Crippen molar-refractivity contribution in [2.24, 2.45) is 11.8 Å². The number of hydrogen-bond donors (Lipinski definition) is 4. The largest absolute Gasteiger partial charge is 0.381 e. The van der Waals surface area contributed by atoms with Gasteiger partial charge in [-0.1, -0.05) is 31.4 Å². The van der Waals surface area contributed by atoms with E-state index in [2.05, 4.69) is 21.3 Å². The topological polar surface area (TPSA) is 135 Å². The average Bonchev–Trinajstić information content (AvgIpc) is 3.42. The van der Waals surface area contributed by atoms with Crippen LogP contribution in [0, 0.1) is 11.8 Å². The fourth-order valence-electron chi connectivity index (χ4n) is 7.90. The molecule has 0 bridgehead atoms. The van der Waals surface area contributed by atoms with Gasteiger partial charge in [-0.05, 0) is 79.8 Å². The van der Waals surface area contributed by atoms with Gasteiger partial charge in [0.2, 0.25) is 23.6 Å². The van der Waals surface area contributed by atoms with Gasteiger partial charge in [0.1, 0.15) is 5.92 Å². The van der Waals surface area contributed by atoms with Crippen molar-refractivity contribution in [3.8, 4) is 0 Å². The van der Waals surface area contributed by atoms with Crippen molar-refractivity contribution in [1.82, 2.24) is 0 Å². The summed E-state index contributed by atoms with van der Waals surface area (Å²) < 4.78 is 11.0. The Bertz CT molecular complexity index is 1370. The molecule has 5 aliphatic rings. The van der Waals surface area contributed by atoms with Crippen molar-refractivity contribution >= 4 is 46.4 Å². The minimum atomic E-state index is -0.880. The minimum absolute atomic E-state index is 0.0259.